The van der Waals surface area contributed by atoms with Crippen LogP contribution in [0.5, 0.6) is 0 Å². The third-order valence-corrected chi connectivity index (χ3v) is 4.93. The van der Waals surface area contributed by atoms with E-state index < -0.39 is 0 Å². The van der Waals surface area contributed by atoms with Crippen molar-refractivity contribution in [1.29, 1.82) is 0 Å². The van der Waals surface area contributed by atoms with E-state index in [1.54, 1.807) is 0 Å². The Labute approximate surface area is 165 Å². The molecule has 1 unspecified atom stereocenters. The number of morpholine rings is 1. The Kier molecular flexibility index (Phi) is 8.58. The highest BCUT2D eigenvalue weighted by molar-refractivity contribution is 5.79. The molecule has 0 aliphatic carbocycles. The summed E-state index contributed by atoms with van der Waals surface area (Å²) in [6.45, 7) is 14.6. The Bertz CT molecular complexity index is 571. The highest BCUT2D eigenvalue weighted by Crippen LogP contribution is 2.21. The largest absolute Gasteiger partial charge is 0.379 e. The second kappa shape index (κ2) is 10.7. The molecule has 0 spiro atoms. The van der Waals surface area contributed by atoms with Crippen molar-refractivity contribution in [1.82, 2.24) is 15.5 Å². The molecule has 0 bridgehead atoms. The van der Waals surface area contributed by atoms with Crippen molar-refractivity contribution < 1.29 is 4.74 Å². The van der Waals surface area contributed by atoms with E-state index in [4.69, 9.17) is 4.74 Å². The Morgan fingerprint density at radius 2 is 1.78 bits per heavy atom. The zero-order valence-corrected chi connectivity index (χ0v) is 17.8. The normalized spacial score (nSPS) is 17.6. The van der Waals surface area contributed by atoms with E-state index in [1.807, 2.05) is 7.05 Å². The van der Waals surface area contributed by atoms with E-state index in [1.165, 1.54) is 17.5 Å². The van der Waals surface area contributed by atoms with Crippen molar-refractivity contribution in [2.75, 3.05) is 33.4 Å². The van der Waals surface area contributed by atoms with Crippen LogP contribution in [0, 0.1) is 5.41 Å². The summed E-state index contributed by atoms with van der Waals surface area (Å²) in [4.78, 5) is 6.80. The summed E-state index contributed by atoms with van der Waals surface area (Å²) in [5.41, 5.74) is 3.00. The van der Waals surface area contributed by atoms with E-state index in [0.717, 1.165) is 51.8 Å². The predicted molar refractivity (Wildman–Crippen MR) is 114 cm³/mol. The maximum Gasteiger partial charge on any atom is 0.191 e. The van der Waals surface area contributed by atoms with Crippen molar-refractivity contribution in [2.24, 2.45) is 10.4 Å². The number of guanidine groups is 1. The molecule has 0 amide bonds. The smallest absolute Gasteiger partial charge is 0.191 e. The van der Waals surface area contributed by atoms with Crippen LogP contribution in [0.1, 0.15) is 51.7 Å². The zero-order chi connectivity index (χ0) is 19.7. The number of ether oxygens (including phenoxy) is 1. The van der Waals surface area contributed by atoms with Crippen LogP contribution in [-0.4, -0.2) is 50.3 Å². The maximum atomic E-state index is 5.41. The lowest BCUT2D eigenvalue weighted by atomic mass is 9.89. The number of nitrogens with one attached hydrogen (secondary N) is 2. The SMILES string of the molecule is CN=C(NCc1ccc(CN2CCOCC2)cc1)NC(C)CCC(C)(C)C. The van der Waals surface area contributed by atoms with E-state index in [-0.39, 0.29) is 0 Å². The van der Waals surface area contributed by atoms with E-state index in [9.17, 15) is 0 Å². The molecule has 1 saturated heterocycles. The summed E-state index contributed by atoms with van der Waals surface area (Å²) in [6.07, 6.45) is 2.34. The van der Waals surface area contributed by atoms with Crippen LogP contribution < -0.4 is 10.6 Å². The summed E-state index contributed by atoms with van der Waals surface area (Å²) >= 11 is 0. The molecule has 1 aromatic carbocycles. The van der Waals surface area contributed by atoms with Gasteiger partial charge in [-0.25, -0.2) is 0 Å². The summed E-state index contributed by atoms with van der Waals surface area (Å²) in [5.74, 6) is 0.869. The number of hydrogen-bond donors (Lipinski definition) is 2. The molecule has 0 saturated carbocycles. The third-order valence-electron chi connectivity index (χ3n) is 4.93. The quantitative estimate of drug-likeness (QED) is 0.567. The zero-order valence-electron chi connectivity index (χ0n) is 17.8. The van der Waals surface area contributed by atoms with Gasteiger partial charge in [-0.3, -0.25) is 9.89 Å². The second-order valence-electron chi connectivity index (χ2n) is 8.78. The van der Waals surface area contributed by atoms with Crippen LogP contribution in [0.2, 0.25) is 0 Å². The summed E-state index contributed by atoms with van der Waals surface area (Å²) in [6, 6.07) is 9.29. The van der Waals surface area contributed by atoms with Crippen molar-refractivity contribution in [3.63, 3.8) is 0 Å². The van der Waals surface area contributed by atoms with Crippen LogP contribution in [0.3, 0.4) is 0 Å². The molecule has 0 aromatic heterocycles. The summed E-state index contributed by atoms with van der Waals surface area (Å²) in [7, 11) is 1.83. The molecule has 1 aromatic rings. The third kappa shape index (κ3) is 8.76. The monoisotopic (exact) mass is 374 g/mol. The van der Waals surface area contributed by atoms with Crippen LogP contribution >= 0.6 is 0 Å². The fraction of sp³-hybridized carbons (Fsp3) is 0.682. The number of aliphatic imine (C=N–C) groups is 1. The second-order valence-corrected chi connectivity index (χ2v) is 8.78. The number of nitrogens with zero attached hydrogens (tertiary/aromatic N) is 2. The van der Waals surface area contributed by atoms with Gasteiger partial charge in [0.25, 0.3) is 0 Å². The van der Waals surface area contributed by atoms with Crippen LogP contribution in [0.15, 0.2) is 29.3 Å². The predicted octanol–water partition coefficient (Wildman–Crippen LogP) is 3.40. The molecule has 5 heteroatoms. The molecule has 27 heavy (non-hydrogen) atoms. The average molecular weight is 375 g/mol. The summed E-state index contributed by atoms with van der Waals surface area (Å²) < 4.78 is 5.41. The van der Waals surface area contributed by atoms with Gasteiger partial charge in [0.2, 0.25) is 0 Å². The van der Waals surface area contributed by atoms with Crippen molar-refractivity contribution >= 4 is 5.96 Å². The molecule has 152 valence electrons. The fourth-order valence-electron chi connectivity index (χ4n) is 3.12. The van der Waals surface area contributed by atoms with Crippen LogP contribution in [0.4, 0.5) is 0 Å². The highest BCUT2D eigenvalue weighted by atomic mass is 16.5. The van der Waals surface area contributed by atoms with Gasteiger partial charge in [0.1, 0.15) is 0 Å². The Hall–Kier alpha value is -1.59. The van der Waals surface area contributed by atoms with E-state index in [0.29, 0.717) is 11.5 Å². The van der Waals surface area contributed by atoms with Gasteiger partial charge in [-0.05, 0) is 36.3 Å². The van der Waals surface area contributed by atoms with Gasteiger partial charge in [-0.1, -0.05) is 45.0 Å². The Morgan fingerprint density at radius 3 is 2.37 bits per heavy atom. The lowest BCUT2D eigenvalue weighted by Gasteiger charge is -2.26. The number of rotatable bonds is 7. The molecular weight excluding hydrogens is 336 g/mol. The molecule has 2 rings (SSSR count). The molecule has 1 atom stereocenters. The lowest BCUT2D eigenvalue weighted by Crippen LogP contribution is -2.42. The lowest BCUT2D eigenvalue weighted by molar-refractivity contribution is 0.0342. The van der Waals surface area contributed by atoms with Crippen LogP contribution in [-0.2, 0) is 17.8 Å². The minimum atomic E-state index is 0.371. The Balaban J connectivity index is 1.75. The van der Waals surface area contributed by atoms with Gasteiger partial charge in [-0.2, -0.15) is 0 Å². The van der Waals surface area contributed by atoms with Crippen molar-refractivity contribution in [2.45, 2.75) is 59.7 Å². The molecular formula is C22H38N4O. The van der Waals surface area contributed by atoms with Gasteiger partial charge < -0.3 is 15.4 Å². The first-order valence-electron chi connectivity index (χ1n) is 10.2. The topological polar surface area (TPSA) is 48.9 Å². The Morgan fingerprint density at radius 1 is 1.15 bits per heavy atom. The molecule has 5 nitrogen and oxygen atoms in total. The minimum absolute atomic E-state index is 0.371. The summed E-state index contributed by atoms with van der Waals surface area (Å²) in [5, 5.41) is 6.92. The first-order chi connectivity index (χ1) is 12.9. The van der Waals surface area contributed by atoms with Gasteiger partial charge in [0, 0.05) is 39.3 Å². The van der Waals surface area contributed by atoms with Gasteiger partial charge in [-0.15, -0.1) is 0 Å². The fourth-order valence-corrected chi connectivity index (χ4v) is 3.12. The van der Waals surface area contributed by atoms with Crippen LogP contribution in [0.25, 0.3) is 0 Å². The minimum Gasteiger partial charge on any atom is -0.379 e. The first-order valence-corrected chi connectivity index (χ1v) is 10.2. The molecule has 2 N–H and O–H groups in total. The first kappa shape index (κ1) is 21.7. The van der Waals surface area contributed by atoms with Gasteiger partial charge >= 0.3 is 0 Å². The molecule has 0 radical (unpaired) electrons. The molecule has 1 aliphatic heterocycles. The van der Waals surface area contributed by atoms with E-state index in [2.05, 4.69) is 72.5 Å². The molecule has 1 fully saturated rings. The number of hydrogen-bond acceptors (Lipinski definition) is 3. The average Bonchev–Trinajstić information content (AvgIpc) is 2.65. The molecule has 1 heterocycles. The van der Waals surface area contributed by atoms with Gasteiger partial charge in [0.15, 0.2) is 5.96 Å². The van der Waals surface area contributed by atoms with E-state index >= 15 is 0 Å². The van der Waals surface area contributed by atoms with Crippen molar-refractivity contribution in [3.8, 4) is 0 Å². The highest BCUT2D eigenvalue weighted by Gasteiger charge is 2.13. The maximum absolute atomic E-state index is 5.41. The van der Waals surface area contributed by atoms with Crippen molar-refractivity contribution in [3.05, 3.63) is 35.4 Å². The molecule has 1 aliphatic rings. The van der Waals surface area contributed by atoms with Gasteiger partial charge in [0.05, 0.1) is 13.2 Å². The standard InChI is InChI=1S/C22H38N4O/c1-18(10-11-22(2,3)4)25-21(23-5)24-16-19-6-8-20(9-7-19)17-26-12-14-27-15-13-26/h6-9,18H,10-17H2,1-5H3,(H2,23,24,25). The number of benzene rings is 1.